The first-order chi connectivity index (χ1) is 19.4. The van der Waals surface area contributed by atoms with Crippen LogP contribution >= 0.6 is 0 Å². The van der Waals surface area contributed by atoms with Crippen LogP contribution in [0.2, 0.25) is 0 Å². The zero-order valence-electron chi connectivity index (χ0n) is 23.1. The van der Waals surface area contributed by atoms with E-state index in [4.69, 9.17) is 0 Å². The van der Waals surface area contributed by atoms with Gasteiger partial charge in [0.25, 0.3) is 0 Å². The molecule has 1 aliphatic heterocycles. The van der Waals surface area contributed by atoms with Crippen molar-refractivity contribution in [3.8, 4) is 11.8 Å². The van der Waals surface area contributed by atoms with E-state index in [1.54, 1.807) is 37.3 Å². The van der Waals surface area contributed by atoms with Crippen molar-refractivity contribution in [2.24, 2.45) is 11.3 Å². The smallest absolute Gasteiger partial charge is 0.321 e. The summed E-state index contributed by atoms with van der Waals surface area (Å²) in [5, 5.41) is 13.1. The SMILES string of the molecule is COC(=O)C(CC#CC1=CCC(CC(NS(=O)(=O)c2ccc(C)cc2)C(=O)O)(C(=O)[C@@H]2CCCN2)C=C1)C(=O)OC. The fourth-order valence-corrected chi connectivity index (χ4v) is 5.97. The molecule has 0 bridgehead atoms. The molecule has 0 aromatic heterocycles. The predicted octanol–water partition coefficient (Wildman–Crippen LogP) is 1.67. The number of benzene rings is 1. The molecule has 12 heteroatoms. The number of carboxylic acids is 1. The zero-order valence-corrected chi connectivity index (χ0v) is 24.0. The Hall–Kier alpha value is -3.79. The fourth-order valence-electron chi connectivity index (χ4n) is 4.78. The summed E-state index contributed by atoms with van der Waals surface area (Å²) in [6.07, 6.45) is 5.80. The van der Waals surface area contributed by atoms with Gasteiger partial charge in [-0.25, -0.2) is 8.42 Å². The molecule has 41 heavy (non-hydrogen) atoms. The van der Waals surface area contributed by atoms with Crippen LogP contribution < -0.4 is 10.0 Å². The third-order valence-corrected chi connectivity index (χ3v) is 8.63. The summed E-state index contributed by atoms with van der Waals surface area (Å²) in [5.41, 5.74) is 0.0250. The molecule has 1 aromatic rings. The van der Waals surface area contributed by atoms with Gasteiger partial charge in [0.05, 0.1) is 30.6 Å². The first kappa shape index (κ1) is 31.7. The van der Waals surface area contributed by atoms with Gasteiger partial charge in [0, 0.05) is 12.0 Å². The summed E-state index contributed by atoms with van der Waals surface area (Å²) in [6, 6.07) is 3.91. The van der Waals surface area contributed by atoms with Gasteiger partial charge in [0.15, 0.2) is 11.7 Å². The van der Waals surface area contributed by atoms with E-state index in [1.807, 2.05) is 0 Å². The Morgan fingerprint density at radius 2 is 1.80 bits per heavy atom. The molecule has 0 radical (unpaired) electrons. The molecule has 11 nitrogen and oxygen atoms in total. The number of rotatable bonds is 11. The highest BCUT2D eigenvalue weighted by Gasteiger charge is 2.45. The average molecular weight is 587 g/mol. The van der Waals surface area contributed by atoms with Gasteiger partial charge in [-0.05, 0) is 57.4 Å². The highest BCUT2D eigenvalue weighted by molar-refractivity contribution is 7.89. The molecular weight excluding hydrogens is 552 g/mol. The molecule has 1 fully saturated rings. The Morgan fingerprint density at radius 1 is 1.15 bits per heavy atom. The molecule has 0 amide bonds. The van der Waals surface area contributed by atoms with Crippen LogP contribution in [0.5, 0.6) is 0 Å². The van der Waals surface area contributed by atoms with Gasteiger partial charge < -0.3 is 19.9 Å². The molecule has 0 saturated carbocycles. The van der Waals surface area contributed by atoms with Crippen LogP contribution in [0.4, 0.5) is 0 Å². The highest BCUT2D eigenvalue weighted by atomic mass is 32.2. The number of sulfonamides is 1. The van der Waals surface area contributed by atoms with Crippen LogP contribution in [-0.2, 0) is 38.7 Å². The van der Waals surface area contributed by atoms with E-state index in [-0.39, 0.29) is 29.9 Å². The number of Topliss-reactive ketones (excluding diaryl/α,β-unsaturated/α-hetero) is 1. The van der Waals surface area contributed by atoms with Crippen molar-refractivity contribution in [2.75, 3.05) is 20.8 Å². The van der Waals surface area contributed by atoms with Gasteiger partial charge in [-0.3, -0.25) is 19.2 Å². The van der Waals surface area contributed by atoms with Crippen LogP contribution in [0.3, 0.4) is 0 Å². The van der Waals surface area contributed by atoms with E-state index in [2.05, 4.69) is 31.4 Å². The number of esters is 2. The number of methoxy groups -OCH3 is 2. The first-order valence-corrected chi connectivity index (χ1v) is 14.5. The molecule has 3 rings (SSSR count). The quantitative estimate of drug-likeness (QED) is 0.197. The average Bonchev–Trinajstić information content (AvgIpc) is 3.50. The van der Waals surface area contributed by atoms with Crippen LogP contribution in [0.15, 0.2) is 53.0 Å². The molecule has 1 saturated heterocycles. The van der Waals surface area contributed by atoms with Gasteiger partial charge in [-0.1, -0.05) is 41.7 Å². The number of carboxylic acid groups (broad SMARTS) is 1. The predicted molar refractivity (Wildman–Crippen MR) is 148 cm³/mol. The van der Waals surface area contributed by atoms with Crippen molar-refractivity contribution in [1.82, 2.24) is 10.0 Å². The third-order valence-electron chi connectivity index (χ3n) is 7.14. The standard InChI is InChI=1S/C29H34N2O9S/c1-19-9-11-21(12-10-19)41(37,38)31-24(26(33)34)18-29(25(32)23-8-5-17-30-23)15-13-20(14-16-29)6-4-7-22(27(35)39-2)28(36)40-3/h9-15,22-24,30-31H,5,7-8,16-18H2,1-3H3,(H,33,34)/t23-,24?,29?/m0/s1. The van der Waals surface area contributed by atoms with Crippen molar-refractivity contribution in [2.45, 2.75) is 56.0 Å². The number of carbonyl (C=O) groups is 4. The van der Waals surface area contributed by atoms with Gasteiger partial charge >= 0.3 is 17.9 Å². The van der Waals surface area contributed by atoms with E-state index in [1.165, 1.54) is 12.1 Å². The number of hydrogen-bond donors (Lipinski definition) is 3. The monoisotopic (exact) mass is 586 g/mol. The zero-order chi connectivity index (χ0) is 30.2. The number of allylic oxidation sites excluding steroid dienone is 4. The number of hydrogen-bond acceptors (Lipinski definition) is 9. The second kappa shape index (κ2) is 13.7. The lowest BCUT2D eigenvalue weighted by Crippen LogP contribution is -2.49. The van der Waals surface area contributed by atoms with Crippen LogP contribution in [0.1, 0.15) is 37.7 Å². The highest BCUT2D eigenvalue weighted by Crippen LogP contribution is 2.38. The third kappa shape index (κ3) is 7.91. The Labute approximate surface area is 239 Å². The summed E-state index contributed by atoms with van der Waals surface area (Å²) in [4.78, 5) is 49.7. The maximum absolute atomic E-state index is 13.7. The van der Waals surface area contributed by atoms with E-state index in [0.717, 1.165) is 26.2 Å². The Bertz CT molecular complexity index is 1380. The van der Waals surface area contributed by atoms with Gasteiger partial charge in [-0.2, -0.15) is 4.72 Å². The van der Waals surface area contributed by atoms with Gasteiger partial charge in [0.2, 0.25) is 10.0 Å². The fraction of sp³-hybridized carbons (Fsp3) is 0.448. The van der Waals surface area contributed by atoms with E-state index in [0.29, 0.717) is 18.5 Å². The van der Waals surface area contributed by atoms with E-state index in [9.17, 15) is 32.7 Å². The van der Waals surface area contributed by atoms with Crippen molar-refractivity contribution in [1.29, 1.82) is 0 Å². The second-order valence-corrected chi connectivity index (χ2v) is 11.7. The van der Waals surface area contributed by atoms with E-state index < -0.39 is 51.3 Å². The summed E-state index contributed by atoms with van der Waals surface area (Å²) in [6.45, 7) is 2.45. The molecule has 3 N–H and O–H groups in total. The Balaban J connectivity index is 1.86. The lowest BCUT2D eigenvalue weighted by molar-refractivity contribution is -0.158. The van der Waals surface area contributed by atoms with E-state index >= 15 is 0 Å². The second-order valence-electron chi connectivity index (χ2n) is 10.0. The first-order valence-electron chi connectivity index (χ1n) is 13.1. The van der Waals surface area contributed by atoms with Crippen molar-refractivity contribution in [3.05, 3.63) is 53.6 Å². The number of carbonyl (C=O) groups excluding carboxylic acids is 3. The lowest BCUT2D eigenvalue weighted by atomic mass is 9.70. The minimum absolute atomic E-state index is 0.0813. The molecule has 0 spiro atoms. The number of ketones is 1. The summed E-state index contributed by atoms with van der Waals surface area (Å²) < 4.78 is 37.5. The largest absolute Gasteiger partial charge is 0.480 e. The summed E-state index contributed by atoms with van der Waals surface area (Å²) in [7, 11) is -1.88. The molecule has 2 aliphatic rings. The van der Waals surface area contributed by atoms with Crippen LogP contribution in [0.25, 0.3) is 0 Å². The maximum Gasteiger partial charge on any atom is 0.321 e. The lowest BCUT2D eigenvalue weighted by Gasteiger charge is -2.35. The van der Waals surface area contributed by atoms with Crippen molar-refractivity contribution < 1.29 is 42.2 Å². The van der Waals surface area contributed by atoms with Crippen LogP contribution in [0, 0.1) is 30.1 Å². The maximum atomic E-state index is 13.7. The number of aliphatic carboxylic acids is 1. The van der Waals surface area contributed by atoms with Gasteiger partial charge in [-0.15, -0.1) is 0 Å². The normalized spacial score (nSPS) is 20.9. The molecule has 2 unspecified atom stereocenters. The van der Waals surface area contributed by atoms with Crippen molar-refractivity contribution >= 4 is 33.7 Å². The molecule has 220 valence electrons. The molecule has 3 atom stereocenters. The number of nitrogens with one attached hydrogen (secondary N) is 2. The van der Waals surface area contributed by atoms with Crippen molar-refractivity contribution in [3.63, 3.8) is 0 Å². The summed E-state index contributed by atoms with van der Waals surface area (Å²) in [5.74, 6) is 1.20. The van der Waals surface area contributed by atoms with Gasteiger partial charge in [0.1, 0.15) is 6.04 Å². The minimum atomic E-state index is -4.19. The number of aryl methyl sites for hydroxylation is 1. The Kier molecular flexibility index (Phi) is 10.6. The minimum Gasteiger partial charge on any atom is -0.480 e. The molecule has 1 heterocycles. The number of ether oxygens (including phenoxy) is 2. The van der Waals surface area contributed by atoms with Crippen LogP contribution in [-0.4, -0.2) is 70.1 Å². The molecule has 1 aliphatic carbocycles. The summed E-state index contributed by atoms with van der Waals surface area (Å²) >= 11 is 0. The topological polar surface area (TPSA) is 165 Å². The molecule has 1 aromatic carbocycles. The molecular formula is C29H34N2O9S. The Morgan fingerprint density at radius 3 is 2.32 bits per heavy atom.